The van der Waals surface area contributed by atoms with Crippen LogP contribution in [0.15, 0.2) is 194 Å². The second-order valence-electron chi connectivity index (χ2n) is 14.0. The van der Waals surface area contributed by atoms with Gasteiger partial charge in [-0.15, -0.1) is 0 Å². The van der Waals surface area contributed by atoms with Crippen LogP contribution in [0.2, 0.25) is 0 Å². The van der Waals surface area contributed by atoms with Crippen molar-refractivity contribution in [1.29, 1.82) is 0 Å². The molecule has 2 heterocycles. The zero-order chi connectivity index (χ0) is 36.9. The fraction of sp³-hybridized carbons (Fsp3) is 0.0196. The van der Waals surface area contributed by atoms with Gasteiger partial charge in [0.1, 0.15) is 0 Å². The molecule has 8 aromatic carbocycles. The Balaban J connectivity index is 1.08. The smallest absolute Gasteiger partial charge is 0.265 e. The van der Waals surface area contributed by atoms with Gasteiger partial charge in [-0.05, 0) is 87.0 Å². The molecule has 0 atom stereocenters. The second kappa shape index (κ2) is 13.3. The first-order valence-corrected chi connectivity index (χ1v) is 18.6. The Morgan fingerprint density at radius 1 is 0.364 bits per heavy atom. The van der Waals surface area contributed by atoms with Gasteiger partial charge in [0.2, 0.25) is 0 Å². The van der Waals surface area contributed by atoms with Crippen molar-refractivity contribution in [3.05, 3.63) is 239 Å². The van der Waals surface area contributed by atoms with Gasteiger partial charge in [0.05, 0.1) is 11.4 Å². The normalized spacial score (nSPS) is 13.0. The van der Waals surface area contributed by atoms with E-state index in [0.717, 1.165) is 62.3 Å². The lowest BCUT2D eigenvalue weighted by Gasteiger charge is -2.35. The van der Waals surface area contributed by atoms with Gasteiger partial charge in [-0.25, -0.2) is 4.90 Å². The Hall–Kier alpha value is -7.30. The predicted molar refractivity (Wildman–Crippen MR) is 223 cm³/mol. The summed E-state index contributed by atoms with van der Waals surface area (Å²) < 4.78 is 0. The maximum atomic E-state index is 14.5. The molecule has 55 heavy (non-hydrogen) atoms. The van der Waals surface area contributed by atoms with Crippen LogP contribution in [0.1, 0.15) is 54.1 Å². The van der Waals surface area contributed by atoms with Crippen LogP contribution in [0.3, 0.4) is 0 Å². The van der Waals surface area contributed by atoms with Crippen molar-refractivity contribution < 1.29 is 9.59 Å². The number of nitrogens with zero attached hydrogens (tertiary/aromatic N) is 2. The molecule has 0 spiro atoms. The molecule has 0 aromatic heterocycles. The van der Waals surface area contributed by atoms with E-state index in [1.165, 1.54) is 16.0 Å². The van der Waals surface area contributed by atoms with Gasteiger partial charge in [-0.1, -0.05) is 152 Å². The molecular formula is C51H34N2O2. The molecule has 0 unspecified atom stereocenters. The van der Waals surface area contributed by atoms with E-state index in [1.54, 1.807) is 0 Å². The molecule has 0 fully saturated rings. The van der Waals surface area contributed by atoms with Gasteiger partial charge < -0.3 is 4.90 Å². The molecule has 0 bridgehead atoms. The summed E-state index contributed by atoms with van der Waals surface area (Å²) in [6.07, 6.45) is 0.845. The van der Waals surface area contributed by atoms with E-state index in [-0.39, 0.29) is 11.8 Å². The van der Waals surface area contributed by atoms with Crippen LogP contribution in [0, 0.1) is 0 Å². The summed E-state index contributed by atoms with van der Waals surface area (Å²) in [6.45, 7) is 0. The van der Waals surface area contributed by atoms with Gasteiger partial charge in [0.25, 0.3) is 11.8 Å². The Morgan fingerprint density at radius 3 is 1.35 bits per heavy atom. The first-order valence-electron chi connectivity index (χ1n) is 18.6. The highest BCUT2D eigenvalue weighted by Gasteiger charge is 2.36. The summed E-state index contributed by atoms with van der Waals surface area (Å²) in [5.41, 5.74) is 13.5. The van der Waals surface area contributed by atoms with E-state index in [9.17, 15) is 9.59 Å². The maximum Gasteiger partial charge on any atom is 0.265 e. The summed E-state index contributed by atoms with van der Waals surface area (Å²) >= 11 is 0. The van der Waals surface area contributed by atoms with E-state index in [1.807, 2.05) is 72.8 Å². The van der Waals surface area contributed by atoms with Crippen LogP contribution in [-0.2, 0) is 6.42 Å². The molecule has 0 saturated carbocycles. The third-order valence-corrected chi connectivity index (χ3v) is 10.8. The number of anilines is 4. The third kappa shape index (κ3) is 5.38. The van der Waals surface area contributed by atoms with Crippen molar-refractivity contribution >= 4 is 56.5 Å². The average Bonchev–Trinajstić information content (AvgIpc) is 3.25. The number of para-hydroxylation sites is 2. The molecule has 4 heteroatoms. The monoisotopic (exact) mass is 706 g/mol. The fourth-order valence-electron chi connectivity index (χ4n) is 8.36. The van der Waals surface area contributed by atoms with Crippen LogP contribution in [0.5, 0.6) is 0 Å². The summed E-state index contributed by atoms with van der Waals surface area (Å²) in [5.74, 6) is -0.666. The maximum absolute atomic E-state index is 14.5. The zero-order valence-electron chi connectivity index (χ0n) is 29.9. The van der Waals surface area contributed by atoms with Gasteiger partial charge in [-0.2, -0.15) is 0 Å². The molecule has 0 aliphatic carbocycles. The van der Waals surface area contributed by atoms with Gasteiger partial charge in [0, 0.05) is 39.7 Å². The molecule has 260 valence electrons. The standard InChI is InChI=1S/C51H34N2O2/c54-50-42-24-14-23-41-46(53-44-25-12-10-21-38(44)33-39-22-11-13-26-45(39)53)32-31-43(49(41)42)51(55)52(50)40-29-27-37(28-30-40)48(36-19-8-3-9-20-36)47(34-15-4-1-5-16-34)35-17-6-2-7-18-35/h1-32H,33H2. The number of benzene rings is 8. The van der Waals surface area contributed by atoms with Crippen molar-refractivity contribution in [2.24, 2.45) is 0 Å². The summed E-state index contributed by atoms with van der Waals surface area (Å²) in [6, 6.07) is 65.6. The largest absolute Gasteiger partial charge is 0.309 e. The lowest BCUT2D eigenvalue weighted by Crippen LogP contribution is -2.40. The first-order chi connectivity index (χ1) is 27.2. The highest BCUT2D eigenvalue weighted by Crippen LogP contribution is 2.48. The average molecular weight is 707 g/mol. The van der Waals surface area contributed by atoms with E-state index in [4.69, 9.17) is 0 Å². The van der Waals surface area contributed by atoms with E-state index in [0.29, 0.717) is 22.2 Å². The molecule has 10 rings (SSSR count). The van der Waals surface area contributed by atoms with Crippen LogP contribution in [0.4, 0.5) is 22.7 Å². The second-order valence-corrected chi connectivity index (χ2v) is 14.0. The highest BCUT2D eigenvalue weighted by molar-refractivity contribution is 6.36. The van der Waals surface area contributed by atoms with Crippen LogP contribution in [-0.4, -0.2) is 11.8 Å². The lowest BCUT2D eigenvalue weighted by molar-refractivity contribution is 0.0893. The third-order valence-electron chi connectivity index (χ3n) is 10.8. The van der Waals surface area contributed by atoms with Gasteiger partial charge in [0.15, 0.2) is 0 Å². The van der Waals surface area contributed by atoms with Crippen LogP contribution >= 0.6 is 0 Å². The van der Waals surface area contributed by atoms with Crippen molar-refractivity contribution in [2.45, 2.75) is 6.42 Å². The topological polar surface area (TPSA) is 40.6 Å². The van der Waals surface area contributed by atoms with Crippen molar-refractivity contribution in [3.8, 4) is 0 Å². The Kier molecular flexibility index (Phi) is 7.81. The Morgan fingerprint density at radius 2 is 0.818 bits per heavy atom. The Labute approximate surface area is 319 Å². The van der Waals surface area contributed by atoms with Crippen molar-refractivity contribution in [2.75, 3.05) is 9.80 Å². The van der Waals surface area contributed by atoms with E-state index >= 15 is 0 Å². The van der Waals surface area contributed by atoms with E-state index in [2.05, 4.69) is 126 Å². The van der Waals surface area contributed by atoms with Crippen LogP contribution < -0.4 is 9.80 Å². The molecule has 8 aromatic rings. The quantitative estimate of drug-likeness (QED) is 0.128. The number of carbonyl (C=O) groups is 2. The SMILES string of the molecule is O=C1c2cccc3c(N4c5ccccc5Cc5ccccc54)ccc(c23)C(=O)N1c1ccc(C(=C(c2ccccc2)c2ccccc2)c2ccccc2)cc1. The van der Waals surface area contributed by atoms with E-state index < -0.39 is 0 Å². The summed E-state index contributed by atoms with van der Waals surface area (Å²) in [7, 11) is 0. The van der Waals surface area contributed by atoms with Gasteiger partial charge >= 0.3 is 0 Å². The zero-order valence-corrected chi connectivity index (χ0v) is 29.9. The molecule has 2 aliphatic heterocycles. The van der Waals surface area contributed by atoms with Crippen molar-refractivity contribution in [1.82, 2.24) is 0 Å². The summed E-state index contributed by atoms with van der Waals surface area (Å²) in [4.78, 5) is 32.6. The molecule has 0 radical (unpaired) electrons. The molecule has 2 amide bonds. The van der Waals surface area contributed by atoms with Crippen molar-refractivity contribution in [3.63, 3.8) is 0 Å². The predicted octanol–water partition coefficient (Wildman–Crippen LogP) is 12.0. The fourth-order valence-corrected chi connectivity index (χ4v) is 8.36. The minimum Gasteiger partial charge on any atom is -0.309 e. The molecule has 0 saturated heterocycles. The number of imide groups is 1. The minimum atomic E-state index is -0.333. The number of amides is 2. The molecule has 0 N–H and O–H groups in total. The molecule has 4 nitrogen and oxygen atoms in total. The molecular weight excluding hydrogens is 673 g/mol. The minimum absolute atomic E-state index is 0.333. The highest BCUT2D eigenvalue weighted by atomic mass is 16.2. The number of carbonyl (C=O) groups excluding carboxylic acids is 2. The lowest BCUT2D eigenvalue weighted by atomic mass is 9.85. The number of fused-ring (bicyclic) bond motifs is 2. The number of hydrogen-bond acceptors (Lipinski definition) is 3. The first kappa shape index (κ1) is 32.4. The molecule has 2 aliphatic rings. The number of hydrogen-bond donors (Lipinski definition) is 0. The number of rotatable bonds is 6. The Bertz CT molecular complexity index is 2700. The summed E-state index contributed by atoms with van der Waals surface area (Å²) in [5, 5.41) is 1.55. The van der Waals surface area contributed by atoms with Gasteiger partial charge in [-0.3, -0.25) is 9.59 Å². The van der Waals surface area contributed by atoms with Crippen LogP contribution in [0.25, 0.3) is 21.9 Å².